The van der Waals surface area contributed by atoms with Crippen LogP contribution in [0.25, 0.3) is 0 Å². The third-order valence-corrected chi connectivity index (χ3v) is 2.99. The van der Waals surface area contributed by atoms with Crippen LogP contribution in [-0.2, 0) is 0 Å². The zero-order valence-electron chi connectivity index (χ0n) is 11.3. The van der Waals surface area contributed by atoms with Crippen molar-refractivity contribution in [1.82, 2.24) is 10.5 Å². The molecule has 1 rings (SSSR count). The van der Waals surface area contributed by atoms with Crippen molar-refractivity contribution in [2.24, 2.45) is 0 Å². The number of rotatable bonds is 7. The number of nitrogens with zero attached hydrogens (tertiary/aromatic N) is 1. The molecule has 0 radical (unpaired) electrons. The second-order valence-electron chi connectivity index (χ2n) is 4.58. The van der Waals surface area contributed by atoms with E-state index in [-0.39, 0.29) is 24.1 Å². The van der Waals surface area contributed by atoms with E-state index in [1.165, 1.54) is 0 Å². The molecule has 0 aliphatic rings. The minimum Gasteiger partial charge on any atom is -0.391 e. The largest absolute Gasteiger partial charge is 0.391 e. The first-order chi connectivity index (χ1) is 8.58. The third kappa shape index (κ3) is 4.14. The van der Waals surface area contributed by atoms with Crippen molar-refractivity contribution in [2.75, 3.05) is 6.54 Å². The van der Waals surface area contributed by atoms with Gasteiger partial charge in [0.15, 0.2) is 0 Å². The van der Waals surface area contributed by atoms with E-state index in [1.807, 2.05) is 13.8 Å². The summed E-state index contributed by atoms with van der Waals surface area (Å²) in [7, 11) is 0. The summed E-state index contributed by atoms with van der Waals surface area (Å²) < 4.78 is 5.00. The van der Waals surface area contributed by atoms with Crippen LogP contribution in [0.2, 0.25) is 0 Å². The summed E-state index contributed by atoms with van der Waals surface area (Å²) >= 11 is 0. The monoisotopic (exact) mass is 254 g/mol. The lowest BCUT2D eigenvalue weighted by atomic mass is 10.1. The smallest absolute Gasteiger partial charge is 0.289 e. The van der Waals surface area contributed by atoms with Crippen molar-refractivity contribution in [3.05, 3.63) is 17.5 Å². The van der Waals surface area contributed by atoms with Crippen molar-refractivity contribution < 1.29 is 14.4 Å². The topological polar surface area (TPSA) is 75.4 Å². The van der Waals surface area contributed by atoms with E-state index in [0.29, 0.717) is 6.42 Å². The van der Waals surface area contributed by atoms with E-state index in [9.17, 15) is 9.90 Å². The van der Waals surface area contributed by atoms with Crippen LogP contribution >= 0.6 is 0 Å². The minimum absolute atomic E-state index is 0.203. The summed E-state index contributed by atoms with van der Waals surface area (Å²) in [6.45, 7) is 6.32. The molecule has 18 heavy (non-hydrogen) atoms. The van der Waals surface area contributed by atoms with Gasteiger partial charge in [-0.2, -0.15) is 0 Å². The van der Waals surface area contributed by atoms with Crippen molar-refractivity contribution in [2.45, 2.75) is 52.1 Å². The SMILES string of the molecule is CCCC(O)CNC(=O)c1cc(C(C)CC)no1. The van der Waals surface area contributed by atoms with Crippen LogP contribution in [0.3, 0.4) is 0 Å². The highest BCUT2D eigenvalue weighted by atomic mass is 16.5. The van der Waals surface area contributed by atoms with Gasteiger partial charge in [0, 0.05) is 18.5 Å². The van der Waals surface area contributed by atoms with Crippen LogP contribution in [0, 0.1) is 0 Å². The highest BCUT2D eigenvalue weighted by Gasteiger charge is 2.16. The Kier molecular flexibility index (Phi) is 5.85. The summed E-state index contributed by atoms with van der Waals surface area (Å²) in [5.41, 5.74) is 0.789. The summed E-state index contributed by atoms with van der Waals surface area (Å²) in [6.07, 6.45) is 2.01. The lowest BCUT2D eigenvalue weighted by Gasteiger charge is -2.08. The molecule has 102 valence electrons. The van der Waals surface area contributed by atoms with E-state index in [1.54, 1.807) is 6.07 Å². The maximum atomic E-state index is 11.7. The summed E-state index contributed by atoms with van der Waals surface area (Å²) in [6, 6.07) is 1.66. The molecule has 2 N–H and O–H groups in total. The quantitative estimate of drug-likeness (QED) is 0.781. The van der Waals surface area contributed by atoms with Crippen LogP contribution in [0.15, 0.2) is 10.6 Å². The standard InChI is InChI=1S/C13H22N2O3/c1-4-6-10(16)8-14-13(17)12-7-11(15-18-12)9(3)5-2/h7,9-10,16H,4-6,8H2,1-3H3,(H,14,17). The summed E-state index contributed by atoms with van der Waals surface area (Å²) in [5, 5.41) is 16.0. The third-order valence-electron chi connectivity index (χ3n) is 2.99. The molecule has 2 atom stereocenters. The van der Waals surface area contributed by atoms with Gasteiger partial charge in [-0.15, -0.1) is 0 Å². The Labute approximate surface area is 108 Å². The number of carbonyl (C=O) groups is 1. The van der Waals surface area contributed by atoms with Gasteiger partial charge < -0.3 is 14.9 Å². The fourth-order valence-electron chi connectivity index (χ4n) is 1.57. The van der Waals surface area contributed by atoms with Gasteiger partial charge in [-0.1, -0.05) is 32.3 Å². The highest BCUT2D eigenvalue weighted by molar-refractivity contribution is 5.91. The second kappa shape index (κ2) is 7.16. The van der Waals surface area contributed by atoms with Crippen LogP contribution in [0.1, 0.15) is 62.2 Å². The lowest BCUT2D eigenvalue weighted by molar-refractivity contribution is 0.0874. The molecular formula is C13H22N2O3. The van der Waals surface area contributed by atoms with E-state index in [0.717, 1.165) is 18.5 Å². The molecule has 0 saturated carbocycles. The number of aliphatic hydroxyl groups is 1. The molecule has 5 heteroatoms. The van der Waals surface area contributed by atoms with Gasteiger partial charge in [0.25, 0.3) is 5.91 Å². The number of aliphatic hydroxyl groups excluding tert-OH is 1. The Balaban J connectivity index is 2.49. The molecule has 0 aromatic carbocycles. The van der Waals surface area contributed by atoms with Crippen LogP contribution in [-0.4, -0.2) is 28.8 Å². The van der Waals surface area contributed by atoms with Crippen molar-refractivity contribution in [3.63, 3.8) is 0 Å². The van der Waals surface area contributed by atoms with Crippen LogP contribution in [0.4, 0.5) is 0 Å². The predicted molar refractivity (Wildman–Crippen MR) is 68.5 cm³/mol. The van der Waals surface area contributed by atoms with Crippen molar-refractivity contribution >= 4 is 5.91 Å². The van der Waals surface area contributed by atoms with Gasteiger partial charge in [0.2, 0.25) is 5.76 Å². The number of hydrogen-bond acceptors (Lipinski definition) is 4. The Hall–Kier alpha value is -1.36. The molecule has 1 aromatic heterocycles. The van der Waals surface area contributed by atoms with Gasteiger partial charge >= 0.3 is 0 Å². The fraction of sp³-hybridized carbons (Fsp3) is 0.692. The van der Waals surface area contributed by atoms with Gasteiger partial charge in [0.1, 0.15) is 0 Å². The molecule has 0 aliphatic carbocycles. The van der Waals surface area contributed by atoms with Gasteiger partial charge in [-0.3, -0.25) is 4.79 Å². The van der Waals surface area contributed by atoms with Crippen molar-refractivity contribution in [3.8, 4) is 0 Å². The lowest BCUT2D eigenvalue weighted by Crippen LogP contribution is -2.31. The molecule has 1 heterocycles. The molecule has 0 aliphatic heterocycles. The predicted octanol–water partition coefficient (Wildman–Crippen LogP) is 2.08. The van der Waals surface area contributed by atoms with E-state index in [4.69, 9.17) is 4.52 Å². The number of aromatic nitrogens is 1. The molecule has 1 aromatic rings. The molecule has 2 unspecified atom stereocenters. The first kappa shape index (κ1) is 14.7. The minimum atomic E-state index is -0.504. The zero-order valence-corrected chi connectivity index (χ0v) is 11.3. The van der Waals surface area contributed by atoms with Crippen LogP contribution in [0.5, 0.6) is 0 Å². The van der Waals surface area contributed by atoms with Gasteiger partial charge in [0.05, 0.1) is 11.8 Å². The average Bonchev–Trinajstić information content (AvgIpc) is 2.85. The molecule has 1 amide bonds. The molecular weight excluding hydrogens is 232 g/mol. The number of hydrogen-bond donors (Lipinski definition) is 2. The Morgan fingerprint density at radius 3 is 2.89 bits per heavy atom. The van der Waals surface area contributed by atoms with Gasteiger partial charge in [-0.05, 0) is 12.8 Å². The highest BCUT2D eigenvalue weighted by Crippen LogP contribution is 2.17. The summed E-state index contributed by atoms with van der Waals surface area (Å²) in [4.78, 5) is 11.7. The maximum absolute atomic E-state index is 11.7. The molecule has 0 fully saturated rings. The Bertz CT molecular complexity index is 376. The normalized spacial score (nSPS) is 14.2. The first-order valence-corrected chi connectivity index (χ1v) is 6.51. The van der Waals surface area contributed by atoms with E-state index < -0.39 is 6.10 Å². The first-order valence-electron chi connectivity index (χ1n) is 6.51. The Morgan fingerprint density at radius 2 is 2.28 bits per heavy atom. The van der Waals surface area contributed by atoms with E-state index >= 15 is 0 Å². The fourth-order valence-corrected chi connectivity index (χ4v) is 1.57. The summed E-state index contributed by atoms with van der Waals surface area (Å²) in [5.74, 6) is 0.155. The number of carbonyl (C=O) groups excluding carboxylic acids is 1. The Morgan fingerprint density at radius 1 is 1.56 bits per heavy atom. The van der Waals surface area contributed by atoms with Crippen molar-refractivity contribution in [1.29, 1.82) is 0 Å². The van der Waals surface area contributed by atoms with E-state index in [2.05, 4.69) is 17.4 Å². The molecule has 0 bridgehead atoms. The second-order valence-corrected chi connectivity index (χ2v) is 4.58. The van der Waals surface area contributed by atoms with Gasteiger partial charge in [-0.25, -0.2) is 0 Å². The number of amides is 1. The average molecular weight is 254 g/mol. The molecule has 0 spiro atoms. The zero-order chi connectivity index (χ0) is 13.5. The molecule has 5 nitrogen and oxygen atoms in total. The number of nitrogens with one attached hydrogen (secondary N) is 1. The maximum Gasteiger partial charge on any atom is 0.289 e. The van der Waals surface area contributed by atoms with Crippen LogP contribution < -0.4 is 5.32 Å². The molecule has 0 saturated heterocycles.